The van der Waals surface area contributed by atoms with Gasteiger partial charge in [0.2, 0.25) is 0 Å². The number of hydrogen-bond donors (Lipinski definition) is 1. The molecule has 90 valence electrons. The highest BCUT2D eigenvalue weighted by molar-refractivity contribution is 8.00. The summed E-state index contributed by atoms with van der Waals surface area (Å²) in [6, 6.07) is 0.0720. The van der Waals surface area contributed by atoms with Crippen LogP contribution in [0.2, 0.25) is 0 Å². The van der Waals surface area contributed by atoms with Gasteiger partial charge in [-0.1, -0.05) is 12.8 Å². The zero-order valence-corrected chi connectivity index (χ0v) is 11.0. The smallest absolute Gasteiger partial charge is 0.0949 e. The van der Waals surface area contributed by atoms with E-state index in [1.165, 1.54) is 25.7 Å². The molecule has 3 nitrogen and oxygen atoms in total. The van der Waals surface area contributed by atoms with Gasteiger partial charge in [-0.3, -0.25) is 0 Å². The number of nitrogens with zero attached hydrogens (tertiary/aromatic N) is 2. The van der Waals surface area contributed by atoms with Crippen LogP contribution < -0.4 is 5.73 Å². The summed E-state index contributed by atoms with van der Waals surface area (Å²) >= 11 is 2.01. The third-order valence-electron chi connectivity index (χ3n) is 3.62. The van der Waals surface area contributed by atoms with E-state index in [2.05, 4.69) is 15.8 Å². The first-order valence-electron chi connectivity index (χ1n) is 5.98. The third-order valence-corrected chi connectivity index (χ3v) is 5.02. The van der Waals surface area contributed by atoms with Gasteiger partial charge >= 0.3 is 0 Å². The average molecular weight is 239 g/mol. The Morgan fingerprint density at radius 2 is 2.25 bits per heavy atom. The molecule has 0 spiro atoms. The van der Waals surface area contributed by atoms with E-state index < -0.39 is 0 Å². The fraction of sp³-hybridized carbons (Fsp3) is 0.750. The first kappa shape index (κ1) is 12.0. The Morgan fingerprint density at radius 1 is 1.56 bits per heavy atom. The van der Waals surface area contributed by atoms with E-state index in [0.29, 0.717) is 4.75 Å². The molecule has 2 N–H and O–H groups in total. The van der Waals surface area contributed by atoms with E-state index in [4.69, 9.17) is 5.73 Å². The monoisotopic (exact) mass is 239 g/mol. The molecule has 1 aromatic rings. The number of imidazole rings is 1. The molecule has 0 aliphatic heterocycles. The highest BCUT2D eigenvalue weighted by Gasteiger charge is 2.33. The van der Waals surface area contributed by atoms with Crippen LogP contribution in [0.25, 0.3) is 0 Å². The summed E-state index contributed by atoms with van der Waals surface area (Å²) in [5.74, 6) is 0. The molecular weight excluding hydrogens is 218 g/mol. The zero-order valence-electron chi connectivity index (χ0n) is 10.1. The molecule has 0 amide bonds. The minimum atomic E-state index is 0.0720. The van der Waals surface area contributed by atoms with Gasteiger partial charge in [-0.05, 0) is 26.0 Å². The molecule has 1 aliphatic rings. The Bertz CT molecular complexity index is 340. The normalized spacial score (nSPS) is 21.2. The Labute approximate surface area is 102 Å². The third kappa shape index (κ3) is 2.28. The summed E-state index contributed by atoms with van der Waals surface area (Å²) in [5.41, 5.74) is 7.10. The quantitative estimate of drug-likeness (QED) is 0.878. The summed E-state index contributed by atoms with van der Waals surface area (Å²) in [6.07, 6.45) is 11.4. The summed E-state index contributed by atoms with van der Waals surface area (Å²) in [7, 11) is 0. The van der Waals surface area contributed by atoms with Crippen LogP contribution in [-0.4, -0.2) is 20.6 Å². The van der Waals surface area contributed by atoms with Crippen molar-refractivity contribution < 1.29 is 0 Å². The molecule has 1 fully saturated rings. The second-order valence-corrected chi connectivity index (χ2v) is 6.10. The lowest BCUT2D eigenvalue weighted by Gasteiger charge is -2.28. The number of hydrogen-bond acceptors (Lipinski definition) is 3. The molecule has 0 aromatic carbocycles. The van der Waals surface area contributed by atoms with Crippen molar-refractivity contribution in [2.75, 3.05) is 6.26 Å². The largest absolute Gasteiger partial charge is 0.332 e. The van der Waals surface area contributed by atoms with Gasteiger partial charge in [0.1, 0.15) is 0 Å². The van der Waals surface area contributed by atoms with Gasteiger partial charge in [0.05, 0.1) is 12.0 Å². The van der Waals surface area contributed by atoms with Crippen molar-refractivity contribution in [3.63, 3.8) is 0 Å². The van der Waals surface area contributed by atoms with Gasteiger partial charge in [0.15, 0.2) is 0 Å². The van der Waals surface area contributed by atoms with Crippen molar-refractivity contribution in [2.45, 2.75) is 49.9 Å². The molecule has 1 aliphatic carbocycles. The standard InChI is InChI=1S/C12H21N3S/c1-10(13)11-7-14-9-15(11)8-12(16-2)5-3-4-6-12/h7,9-10H,3-6,8,13H2,1-2H3/t10-/m0/s1. The Balaban J connectivity index is 2.16. The molecular formula is C12H21N3S. The van der Waals surface area contributed by atoms with E-state index in [0.717, 1.165) is 12.2 Å². The Morgan fingerprint density at radius 3 is 2.81 bits per heavy atom. The van der Waals surface area contributed by atoms with Crippen LogP contribution in [0, 0.1) is 0 Å². The van der Waals surface area contributed by atoms with Crippen molar-refractivity contribution in [1.29, 1.82) is 0 Å². The van der Waals surface area contributed by atoms with Crippen molar-refractivity contribution in [3.8, 4) is 0 Å². The van der Waals surface area contributed by atoms with E-state index >= 15 is 0 Å². The molecule has 2 rings (SSSR count). The predicted octanol–water partition coefficient (Wildman–Crippen LogP) is 2.58. The van der Waals surface area contributed by atoms with Crippen molar-refractivity contribution in [1.82, 2.24) is 9.55 Å². The summed E-state index contributed by atoms with van der Waals surface area (Å²) in [5, 5.41) is 0. The van der Waals surface area contributed by atoms with E-state index in [9.17, 15) is 0 Å². The van der Waals surface area contributed by atoms with Crippen LogP contribution in [0.4, 0.5) is 0 Å². The molecule has 1 aromatic heterocycles. The van der Waals surface area contributed by atoms with Crippen molar-refractivity contribution in [3.05, 3.63) is 18.2 Å². The topological polar surface area (TPSA) is 43.8 Å². The molecule has 1 heterocycles. The number of nitrogens with two attached hydrogens (primary N) is 1. The van der Waals surface area contributed by atoms with Crippen LogP contribution in [0.15, 0.2) is 12.5 Å². The van der Waals surface area contributed by atoms with Gasteiger partial charge in [0, 0.05) is 23.5 Å². The molecule has 1 atom stereocenters. The fourth-order valence-corrected chi connectivity index (χ4v) is 3.56. The summed E-state index contributed by atoms with van der Waals surface area (Å²) in [4.78, 5) is 4.22. The van der Waals surface area contributed by atoms with Crippen LogP contribution in [0.5, 0.6) is 0 Å². The molecule has 0 bridgehead atoms. The van der Waals surface area contributed by atoms with Gasteiger partial charge < -0.3 is 10.3 Å². The molecule has 1 saturated carbocycles. The Kier molecular flexibility index (Phi) is 3.60. The Hall–Kier alpha value is -0.480. The van der Waals surface area contributed by atoms with Crippen LogP contribution >= 0.6 is 11.8 Å². The van der Waals surface area contributed by atoms with Gasteiger partial charge in [-0.2, -0.15) is 11.8 Å². The second kappa shape index (κ2) is 4.80. The highest BCUT2D eigenvalue weighted by Crippen LogP contribution is 2.41. The minimum Gasteiger partial charge on any atom is -0.332 e. The van der Waals surface area contributed by atoms with Gasteiger partial charge in [-0.25, -0.2) is 4.98 Å². The number of aromatic nitrogens is 2. The maximum Gasteiger partial charge on any atom is 0.0949 e. The number of rotatable bonds is 4. The molecule has 0 radical (unpaired) electrons. The minimum absolute atomic E-state index is 0.0720. The molecule has 0 saturated heterocycles. The zero-order chi connectivity index (χ0) is 11.6. The van der Waals surface area contributed by atoms with Gasteiger partial charge in [0.25, 0.3) is 0 Å². The van der Waals surface area contributed by atoms with Crippen LogP contribution in [-0.2, 0) is 6.54 Å². The van der Waals surface area contributed by atoms with E-state index in [-0.39, 0.29) is 6.04 Å². The average Bonchev–Trinajstić information content (AvgIpc) is 2.88. The molecule has 16 heavy (non-hydrogen) atoms. The lowest BCUT2D eigenvalue weighted by Crippen LogP contribution is -2.28. The van der Waals surface area contributed by atoms with E-state index in [1.54, 1.807) is 0 Å². The molecule has 0 unspecified atom stereocenters. The maximum atomic E-state index is 5.95. The lowest BCUT2D eigenvalue weighted by molar-refractivity contribution is 0.486. The highest BCUT2D eigenvalue weighted by atomic mass is 32.2. The summed E-state index contributed by atoms with van der Waals surface area (Å²) in [6.45, 7) is 3.08. The maximum absolute atomic E-state index is 5.95. The van der Waals surface area contributed by atoms with Crippen LogP contribution in [0.1, 0.15) is 44.3 Å². The molecule has 4 heteroatoms. The fourth-order valence-electron chi connectivity index (χ4n) is 2.60. The predicted molar refractivity (Wildman–Crippen MR) is 69.5 cm³/mol. The SMILES string of the molecule is CSC1(Cn2cncc2[C@H](C)N)CCCC1. The number of thioether (sulfide) groups is 1. The van der Waals surface area contributed by atoms with Gasteiger partial charge in [-0.15, -0.1) is 0 Å². The lowest BCUT2D eigenvalue weighted by atomic mass is 10.1. The van der Waals surface area contributed by atoms with Crippen molar-refractivity contribution >= 4 is 11.8 Å². The summed E-state index contributed by atoms with van der Waals surface area (Å²) < 4.78 is 2.66. The van der Waals surface area contributed by atoms with E-state index in [1.807, 2.05) is 31.2 Å². The first-order chi connectivity index (χ1) is 7.67. The van der Waals surface area contributed by atoms with Crippen molar-refractivity contribution in [2.24, 2.45) is 5.73 Å². The second-order valence-electron chi connectivity index (χ2n) is 4.83. The first-order valence-corrected chi connectivity index (χ1v) is 7.20. The van der Waals surface area contributed by atoms with Crippen LogP contribution in [0.3, 0.4) is 0 Å².